The zero-order valence-electron chi connectivity index (χ0n) is 17.9. The fourth-order valence-electron chi connectivity index (χ4n) is 4.77. The average molecular weight is 414 g/mol. The third kappa shape index (κ3) is 2.94. The van der Waals surface area contributed by atoms with Crippen LogP contribution < -0.4 is 4.90 Å². The van der Waals surface area contributed by atoms with Gasteiger partial charge in [0.15, 0.2) is 0 Å². The summed E-state index contributed by atoms with van der Waals surface area (Å²) >= 11 is 0. The summed E-state index contributed by atoms with van der Waals surface area (Å²) in [6.07, 6.45) is 2.10. The second-order valence-corrected chi connectivity index (χ2v) is 8.18. The number of likely N-dealkylation sites (N-methyl/N-ethyl adjacent to an activating group) is 1. The molecule has 0 aliphatic carbocycles. The Morgan fingerprint density at radius 2 is 1.38 bits per heavy atom. The van der Waals surface area contributed by atoms with Crippen LogP contribution >= 0.6 is 0 Å². The highest BCUT2D eigenvalue weighted by molar-refractivity contribution is 6.15. The van der Waals surface area contributed by atoms with Gasteiger partial charge in [0, 0.05) is 35.6 Å². The summed E-state index contributed by atoms with van der Waals surface area (Å²) < 4.78 is 2.19. The molecule has 0 radical (unpaired) electrons. The van der Waals surface area contributed by atoms with Gasteiger partial charge < -0.3 is 9.30 Å². The lowest BCUT2D eigenvalue weighted by atomic mass is 10.00. The summed E-state index contributed by atoms with van der Waals surface area (Å²) in [6, 6.07) is 38.3. The molecule has 0 amide bonds. The fraction of sp³-hybridized carbons (Fsp3) is 0.0690. The molecule has 3 nitrogen and oxygen atoms in total. The zero-order chi connectivity index (χ0) is 21.5. The molecule has 0 spiro atoms. The summed E-state index contributed by atoms with van der Waals surface area (Å²) in [4.78, 5) is 7.74. The Kier molecular flexibility index (Phi) is 4.39. The van der Waals surface area contributed by atoms with E-state index in [-0.39, 0.29) is 6.04 Å². The van der Waals surface area contributed by atoms with Crippen LogP contribution in [0.2, 0.25) is 0 Å². The molecule has 1 unspecified atom stereocenters. The minimum absolute atomic E-state index is 0.0616. The van der Waals surface area contributed by atoms with E-state index in [1.807, 2.05) is 0 Å². The highest BCUT2D eigenvalue weighted by atomic mass is 15.2. The molecule has 0 saturated carbocycles. The summed E-state index contributed by atoms with van der Waals surface area (Å²) in [7, 11) is 2.16. The molecule has 1 aliphatic heterocycles. The molecular formula is C29H23N3. The largest absolute Gasteiger partial charge is 0.361 e. The minimum Gasteiger partial charge on any atom is -0.361 e. The number of anilines is 1. The Labute approximate surface area is 187 Å². The second-order valence-electron chi connectivity index (χ2n) is 8.18. The maximum atomic E-state index is 5.41. The molecule has 1 atom stereocenters. The SMILES string of the molecule is CN1c2ccccc2C(=Nc2c(-c3ccccc3)cc3ccccn23)C1c1ccccc1. The van der Waals surface area contributed by atoms with Crippen molar-refractivity contribution in [3.63, 3.8) is 0 Å². The highest BCUT2D eigenvalue weighted by Crippen LogP contribution is 2.42. The normalized spacial score (nSPS) is 16.6. The molecular weight excluding hydrogens is 390 g/mol. The highest BCUT2D eigenvalue weighted by Gasteiger charge is 2.34. The van der Waals surface area contributed by atoms with Crippen molar-refractivity contribution in [2.75, 3.05) is 11.9 Å². The van der Waals surface area contributed by atoms with E-state index < -0.39 is 0 Å². The number of nitrogens with zero attached hydrogens (tertiary/aromatic N) is 3. The molecule has 3 aromatic carbocycles. The molecule has 5 aromatic rings. The molecule has 3 heterocycles. The topological polar surface area (TPSA) is 20.0 Å². The van der Waals surface area contributed by atoms with Crippen molar-refractivity contribution in [3.05, 3.63) is 127 Å². The molecule has 0 saturated heterocycles. The van der Waals surface area contributed by atoms with Gasteiger partial charge in [0.2, 0.25) is 0 Å². The molecule has 154 valence electrons. The molecule has 0 fully saturated rings. The van der Waals surface area contributed by atoms with E-state index in [9.17, 15) is 0 Å². The van der Waals surface area contributed by atoms with Crippen LogP contribution in [-0.2, 0) is 0 Å². The van der Waals surface area contributed by atoms with Gasteiger partial charge >= 0.3 is 0 Å². The summed E-state index contributed by atoms with van der Waals surface area (Å²) in [6.45, 7) is 0. The van der Waals surface area contributed by atoms with E-state index in [0.29, 0.717) is 0 Å². The van der Waals surface area contributed by atoms with Gasteiger partial charge in [-0.15, -0.1) is 0 Å². The van der Waals surface area contributed by atoms with Gasteiger partial charge in [-0.25, -0.2) is 4.99 Å². The monoisotopic (exact) mass is 413 g/mol. The van der Waals surface area contributed by atoms with Crippen LogP contribution in [0.15, 0.2) is 120 Å². The Morgan fingerprint density at radius 3 is 2.19 bits per heavy atom. The molecule has 32 heavy (non-hydrogen) atoms. The smallest absolute Gasteiger partial charge is 0.145 e. The molecule has 2 aromatic heterocycles. The van der Waals surface area contributed by atoms with E-state index in [1.54, 1.807) is 0 Å². The first-order valence-corrected chi connectivity index (χ1v) is 10.9. The lowest BCUT2D eigenvalue weighted by Crippen LogP contribution is -2.23. The van der Waals surface area contributed by atoms with Crippen molar-refractivity contribution >= 4 is 22.7 Å². The fourth-order valence-corrected chi connectivity index (χ4v) is 4.77. The van der Waals surface area contributed by atoms with Crippen LogP contribution in [0.5, 0.6) is 0 Å². The van der Waals surface area contributed by atoms with Crippen LogP contribution in [0.3, 0.4) is 0 Å². The summed E-state index contributed by atoms with van der Waals surface area (Å²) in [5.41, 5.74) is 8.18. The maximum Gasteiger partial charge on any atom is 0.145 e. The lowest BCUT2D eigenvalue weighted by Gasteiger charge is -2.23. The van der Waals surface area contributed by atoms with E-state index in [4.69, 9.17) is 4.99 Å². The van der Waals surface area contributed by atoms with E-state index >= 15 is 0 Å². The molecule has 0 N–H and O–H groups in total. The Balaban J connectivity index is 1.63. The molecule has 0 bridgehead atoms. The summed E-state index contributed by atoms with van der Waals surface area (Å²) in [5.74, 6) is 0.966. The predicted molar refractivity (Wildman–Crippen MR) is 133 cm³/mol. The van der Waals surface area contributed by atoms with Gasteiger partial charge in [0.1, 0.15) is 5.82 Å². The first kappa shape index (κ1) is 18.6. The Bertz CT molecular complexity index is 1430. The van der Waals surface area contributed by atoms with Crippen LogP contribution in [0, 0.1) is 0 Å². The van der Waals surface area contributed by atoms with E-state index in [0.717, 1.165) is 22.6 Å². The first-order chi connectivity index (χ1) is 15.8. The van der Waals surface area contributed by atoms with Gasteiger partial charge in [0.05, 0.1) is 11.8 Å². The van der Waals surface area contributed by atoms with Crippen LogP contribution in [0.25, 0.3) is 16.6 Å². The van der Waals surface area contributed by atoms with Gasteiger partial charge in [-0.05, 0) is 35.4 Å². The number of aliphatic imine (C=N–C) groups is 1. The second kappa shape index (κ2) is 7.54. The number of hydrogen-bond donors (Lipinski definition) is 0. The van der Waals surface area contributed by atoms with Crippen molar-refractivity contribution in [1.29, 1.82) is 0 Å². The third-order valence-corrected chi connectivity index (χ3v) is 6.29. The van der Waals surface area contributed by atoms with E-state index in [2.05, 4.69) is 132 Å². The van der Waals surface area contributed by atoms with Crippen LogP contribution in [-0.4, -0.2) is 17.2 Å². The van der Waals surface area contributed by atoms with Crippen molar-refractivity contribution < 1.29 is 0 Å². The van der Waals surface area contributed by atoms with Crippen LogP contribution in [0.1, 0.15) is 17.2 Å². The first-order valence-electron chi connectivity index (χ1n) is 10.9. The summed E-state index contributed by atoms with van der Waals surface area (Å²) in [5, 5.41) is 0. The zero-order valence-corrected chi connectivity index (χ0v) is 17.9. The predicted octanol–water partition coefficient (Wildman–Crippen LogP) is 6.92. The Morgan fingerprint density at radius 1 is 0.688 bits per heavy atom. The number of hydrogen-bond acceptors (Lipinski definition) is 2. The number of fused-ring (bicyclic) bond motifs is 2. The van der Waals surface area contributed by atoms with Gasteiger partial charge in [-0.3, -0.25) is 0 Å². The van der Waals surface area contributed by atoms with Gasteiger partial charge in [0.25, 0.3) is 0 Å². The van der Waals surface area contributed by atoms with Crippen molar-refractivity contribution in [1.82, 2.24) is 4.40 Å². The molecule has 6 rings (SSSR count). The minimum atomic E-state index is 0.0616. The number of rotatable bonds is 3. The third-order valence-electron chi connectivity index (χ3n) is 6.29. The van der Waals surface area contributed by atoms with Crippen molar-refractivity contribution in [3.8, 4) is 11.1 Å². The van der Waals surface area contributed by atoms with Crippen LogP contribution in [0.4, 0.5) is 11.5 Å². The number of benzene rings is 3. The van der Waals surface area contributed by atoms with Crippen molar-refractivity contribution in [2.24, 2.45) is 4.99 Å². The van der Waals surface area contributed by atoms with E-state index in [1.165, 1.54) is 22.4 Å². The number of aromatic nitrogens is 1. The van der Waals surface area contributed by atoms with Crippen molar-refractivity contribution in [2.45, 2.75) is 6.04 Å². The molecule has 1 aliphatic rings. The average Bonchev–Trinajstić information content (AvgIpc) is 3.36. The molecule has 3 heteroatoms. The standard InChI is InChI=1S/C29H23N3/c1-31-26-18-9-8-17-24(26)27(28(31)22-14-6-3-7-15-22)30-29-25(21-12-4-2-5-13-21)20-23-16-10-11-19-32(23)29/h2-20,28H,1H3. The van der Waals surface area contributed by atoms with Gasteiger partial charge in [-0.2, -0.15) is 0 Å². The Hall–Kier alpha value is -4.11. The quantitative estimate of drug-likeness (QED) is 0.314. The maximum absolute atomic E-state index is 5.41. The van der Waals surface area contributed by atoms with Gasteiger partial charge in [-0.1, -0.05) is 84.9 Å². The number of para-hydroxylation sites is 1. The number of pyridine rings is 1. The lowest BCUT2D eigenvalue weighted by molar-refractivity contribution is 0.875.